The third-order valence-electron chi connectivity index (χ3n) is 6.86. The second kappa shape index (κ2) is 12.6. The summed E-state index contributed by atoms with van der Waals surface area (Å²) in [5.41, 5.74) is 4.05. The molecular formula is C32H27F2N5O3. The maximum Gasteiger partial charge on any atom is 0.337 e. The Labute approximate surface area is 241 Å². The van der Waals surface area contributed by atoms with Crippen LogP contribution in [0.5, 0.6) is 0 Å². The van der Waals surface area contributed by atoms with E-state index in [1.165, 1.54) is 19.2 Å². The molecule has 0 atom stereocenters. The molecule has 1 N–H and O–H groups in total. The lowest BCUT2D eigenvalue weighted by Crippen LogP contribution is -2.10. The molecule has 0 radical (unpaired) electrons. The number of esters is 1. The molecule has 10 heteroatoms. The first kappa shape index (κ1) is 28.4. The predicted molar refractivity (Wildman–Crippen MR) is 154 cm³/mol. The molecule has 0 bridgehead atoms. The monoisotopic (exact) mass is 567 g/mol. The lowest BCUT2D eigenvalue weighted by molar-refractivity contribution is 0.0601. The zero-order chi connectivity index (χ0) is 29.6. The number of imidazole rings is 1. The maximum atomic E-state index is 15.4. The minimum absolute atomic E-state index is 0.173. The summed E-state index contributed by atoms with van der Waals surface area (Å²) in [6.45, 7) is 1.06. The van der Waals surface area contributed by atoms with Crippen molar-refractivity contribution in [3.8, 4) is 17.3 Å². The second-order valence-corrected chi connectivity index (χ2v) is 9.53. The maximum absolute atomic E-state index is 15.4. The lowest BCUT2D eigenvalue weighted by atomic mass is 10.1. The number of methoxy groups -OCH3 is 2. The molecule has 2 heterocycles. The molecule has 0 amide bonds. The predicted octanol–water partition coefficient (Wildman–Crippen LogP) is 5.88. The number of nitrogens with one attached hydrogen (secondary N) is 1. The van der Waals surface area contributed by atoms with E-state index in [4.69, 9.17) is 19.7 Å². The van der Waals surface area contributed by atoms with Crippen molar-refractivity contribution in [1.82, 2.24) is 14.5 Å². The number of nitrogens with zero attached hydrogens (tertiary/aromatic N) is 4. The fourth-order valence-corrected chi connectivity index (χ4v) is 4.64. The van der Waals surface area contributed by atoms with Gasteiger partial charge in [-0.15, -0.1) is 0 Å². The Balaban J connectivity index is 1.37. The average molecular weight is 568 g/mol. The highest BCUT2D eigenvalue weighted by molar-refractivity contribution is 5.93. The minimum Gasteiger partial charge on any atom is -0.465 e. The highest BCUT2D eigenvalue weighted by Gasteiger charge is 2.17. The number of hydrogen-bond acceptors (Lipinski definition) is 7. The van der Waals surface area contributed by atoms with Crippen LogP contribution in [0.1, 0.15) is 32.9 Å². The van der Waals surface area contributed by atoms with E-state index in [-0.39, 0.29) is 18.5 Å². The van der Waals surface area contributed by atoms with E-state index in [1.54, 1.807) is 67.8 Å². The molecule has 0 saturated heterocycles. The van der Waals surface area contributed by atoms with E-state index in [9.17, 15) is 9.18 Å². The van der Waals surface area contributed by atoms with Gasteiger partial charge in [0.2, 0.25) is 0 Å². The van der Waals surface area contributed by atoms with Gasteiger partial charge in [0.15, 0.2) is 0 Å². The zero-order valence-electron chi connectivity index (χ0n) is 23.0. The van der Waals surface area contributed by atoms with E-state index in [0.717, 1.165) is 5.52 Å². The molecule has 3 aromatic carbocycles. The molecule has 42 heavy (non-hydrogen) atoms. The smallest absolute Gasteiger partial charge is 0.337 e. The van der Waals surface area contributed by atoms with Gasteiger partial charge in [-0.1, -0.05) is 24.3 Å². The van der Waals surface area contributed by atoms with Gasteiger partial charge in [-0.05, 0) is 54.1 Å². The molecule has 0 spiro atoms. The van der Waals surface area contributed by atoms with Gasteiger partial charge in [0.1, 0.15) is 23.3 Å². The molecule has 8 nitrogen and oxygen atoms in total. The molecule has 0 aliphatic heterocycles. The van der Waals surface area contributed by atoms with Crippen LogP contribution < -0.4 is 5.32 Å². The van der Waals surface area contributed by atoms with Crippen molar-refractivity contribution in [2.75, 3.05) is 26.1 Å². The third kappa shape index (κ3) is 6.11. The van der Waals surface area contributed by atoms with Crippen LogP contribution in [-0.2, 0) is 29.0 Å². The molecular weight excluding hydrogens is 540 g/mol. The van der Waals surface area contributed by atoms with Crippen LogP contribution in [0.25, 0.3) is 22.3 Å². The summed E-state index contributed by atoms with van der Waals surface area (Å²) in [6, 6.07) is 21.6. The molecule has 0 saturated carbocycles. The second-order valence-electron chi connectivity index (χ2n) is 9.53. The Morgan fingerprint density at radius 1 is 0.976 bits per heavy atom. The van der Waals surface area contributed by atoms with Crippen LogP contribution in [0.2, 0.25) is 0 Å². The van der Waals surface area contributed by atoms with Gasteiger partial charge >= 0.3 is 5.97 Å². The summed E-state index contributed by atoms with van der Waals surface area (Å²) in [4.78, 5) is 21.3. The summed E-state index contributed by atoms with van der Waals surface area (Å²) < 4.78 is 41.7. The average Bonchev–Trinajstić information content (AvgIpc) is 3.35. The summed E-state index contributed by atoms with van der Waals surface area (Å²) in [7, 11) is 2.93. The minimum atomic E-state index is -0.477. The third-order valence-corrected chi connectivity index (χ3v) is 6.86. The van der Waals surface area contributed by atoms with Gasteiger partial charge in [0.05, 0.1) is 47.6 Å². The van der Waals surface area contributed by atoms with Crippen molar-refractivity contribution in [3.63, 3.8) is 0 Å². The number of nitriles is 1. The van der Waals surface area contributed by atoms with E-state index in [1.807, 2.05) is 10.6 Å². The van der Waals surface area contributed by atoms with E-state index < -0.39 is 17.6 Å². The van der Waals surface area contributed by atoms with Gasteiger partial charge in [0.25, 0.3) is 0 Å². The highest BCUT2D eigenvalue weighted by atomic mass is 19.1. The van der Waals surface area contributed by atoms with E-state index in [2.05, 4.69) is 10.3 Å². The Hall–Kier alpha value is -5.14. The number of ether oxygens (including phenoxy) is 2. The summed E-state index contributed by atoms with van der Waals surface area (Å²) in [5, 5.41) is 12.0. The van der Waals surface area contributed by atoms with Crippen LogP contribution in [0.3, 0.4) is 0 Å². The van der Waals surface area contributed by atoms with Crippen molar-refractivity contribution in [2.24, 2.45) is 0 Å². The summed E-state index contributed by atoms with van der Waals surface area (Å²) >= 11 is 0. The number of halogens is 2. The van der Waals surface area contributed by atoms with Gasteiger partial charge in [-0.2, -0.15) is 5.26 Å². The Morgan fingerprint density at radius 3 is 2.52 bits per heavy atom. The summed E-state index contributed by atoms with van der Waals surface area (Å²) in [5.74, 6) is -0.203. The molecule has 0 unspecified atom stereocenters. The topological polar surface area (TPSA) is 102 Å². The SMILES string of the molecule is COCCn1c(Cc2ccc(-c3cccc(NCc4ccc(C#N)cc4F)n3)cc2F)nc2ccc(C(=O)OC)cc21. The number of fused-ring (bicyclic) bond motifs is 1. The number of benzene rings is 3. The molecule has 0 aliphatic carbocycles. The molecule has 5 rings (SSSR count). The first-order valence-electron chi connectivity index (χ1n) is 13.1. The van der Waals surface area contributed by atoms with Crippen LogP contribution in [-0.4, -0.2) is 41.3 Å². The van der Waals surface area contributed by atoms with E-state index in [0.29, 0.717) is 58.3 Å². The number of pyridine rings is 1. The van der Waals surface area contributed by atoms with Gasteiger partial charge < -0.3 is 19.4 Å². The fraction of sp³-hybridized carbons (Fsp3) is 0.188. The van der Waals surface area contributed by atoms with Crippen LogP contribution >= 0.6 is 0 Å². The van der Waals surface area contributed by atoms with Crippen LogP contribution in [0.15, 0.2) is 72.8 Å². The molecule has 0 fully saturated rings. The number of aromatic nitrogens is 3. The fourth-order valence-electron chi connectivity index (χ4n) is 4.64. The molecule has 2 aromatic heterocycles. The largest absolute Gasteiger partial charge is 0.465 e. The quantitative estimate of drug-likeness (QED) is 0.210. The number of anilines is 1. The van der Waals surface area contributed by atoms with Crippen LogP contribution in [0, 0.1) is 23.0 Å². The Morgan fingerprint density at radius 2 is 1.79 bits per heavy atom. The highest BCUT2D eigenvalue weighted by Crippen LogP contribution is 2.25. The number of carbonyl (C=O) groups is 1. The number of rotatable bonds is 10. The van der Waals surface area contributed by atoms with Gasteiger partial charge in [-0.25, -0.2) is 23.5 Å². The summed E-state index contributed by atoms with van der Waals surface area (Å²) in [6.07, 6.45) is 0.225. The number of hydrogen-bond donors (Lipinski definition) is 1. The molecule has 212 valence electrons. The molecule has 5 aromatic rings. The number of carbonyl (C=O) groups excluding carboxylic acids is 1. The lowest BCUT2D eigenvalue weighted by Gasteiger charge is -2.11. The first-order valence-corrected chi connectivity index (χ1v) is 13.1. The van der Waals surface area contributed by atoms with Crippen molar-refractivity contribution in [3.05, 3.63) is 113 Å². The Bertz CT molecular complexity index is 1810. The Kier molecular flexibility index (Phi) is 8.50. The standard InChI is InChI=1S/C32H27F2N5O3/c1-41-13-12-39-29-16-23(32(40)42-2)10-11-28(29)38-31(39)17-21-8-9-22(15-26(21)34)27-4-3-5-30(37-27)36-19-24-7-6-20(18-35)14-25(24)33/h3-11,14-16H,12-13,17,19H2,1-2H3,(H,36,37). The first-order chi connectivity index (χ1) is 20.4. The normalized spacial score (nSPS) is 10.9. The van der Waals surface area contributed by atoms with Gasteiger partial charge in [0, 0.05) is 37.7 Å². The van der Waals surface area contributed by atoms with Crippen molar-refractivity contribution >= 4 is 22.8 Å². The molecule has 0 aliphatic rings. The van der Waals surface area contributed by atoms with Crippen LogP contribution in [0.4, 0.5) is 14.6 Å². The van der Waals surface area contributed by atoms with E-state index >= 15 is 4.39 Å². The van der Waals surface area contributed by atoms with Crippen molar-refractivity contribution < 1.29 is 23.0 Å². The van der Waals surface area contributed by atoms with Gasteiger partial charge in [-0.3, -0.25) is 0 Å². The zero-order valence-corrected chi connectivity index (χ0v) is 23.0. The van der Waals surface area contributed by atoms with Crippen molar-refractivity contribution in [2.45, 2.75) is 19.5 Å². The van der Waals surface area contributed by atoms with Crippen molar-refractivity contribution in [1.29, 1.82) is 5.26 Å².